The molecule has 1 aromatic carbocycles. The lowest BCUT2D eigenvalue weighted by Crippen LogP contribution is -1.88. The highest BCUT2D eigenvalue weighted by Crippen LogP contribution is 2.17. The molecule has 1 aromatic heterocycles. The van der Waals surface area contributed by atoms with Crippen LogP contribution in [0.2, 0.25) is 0 Å². The Morgan fingerprint density at radius 1 is 1.12 bits per heavy atom. The van der Waals surface area contributed by atoms with Gasteiger partial charge in [-0.15, -0.1) is 22.0 Å². The Kier molecular flexibility index (Phi) is 4.20. The van der Waals surface area contributed by atoms with Crippen molar-refractivity contribution >= 4 is 11.8 Å². The summed E-state index contributed by atoms with van der Waals surface area (Å²) in [6.07, 6.45) is 0.709. The van der Waals surface area contributed by atoms with Crippen molar-refractivity contribution < 1.29 is 4.42 Å². The van der Waals surface area contributed by atoms with Crippen LogP contribution in [-0.2, 0) is 12.2 Å². The van der Waals surface area contributed by atoms with E-state index in [-0.39, 0.29) is 0 Å². The van der Waals surface area contributed by atoms with Crippen LogP contribution in [0.4, 0.5) is 0 Å². The third-order valence-electron chi connectivity index (χ3n) is 2.25. The highest BCUT2D eigenvalue weighted by atomic mass is 32.2. The van der Waals surface area contributed by atoms with Crippen molar-refractivity contribution in [3.63, 3.8) is 0 Å². The fraction of sp³-hybridized carbons (Fsp3) is 0.385. The number of hydrogen-bond acceptors (Lipinski definition) is 4. The smallest absolute Gasteiger partial charge is 0.226 e. The van der Waals surface area contributed by atoms with Gasteiger partial charge in [0.05, 0.1) is 12.2 Å². The average Bonchev–Trinajstić information content (AvgIpc) is 2.75. The average molecular weight is 248 g/mol. The molecule has 0 aliphatic carbocycles. The number of thioether (sulfide) groups is 1. The largest absolute Gasteiger partial charge is 0.424 e. The van der Waals surface area contributed by atoms with E-state index < -0.39 is 0 Å². The number of hydrogen-bond donors (Lipinski definition) is 0. The number of nitrogens with zero attached hydrogens (tertiary/aromatic N) is 2. The van der Waals surface area contributed by atoms with Crippen LogP contribution in [0.3, 0.4) is 0 Å². The highest BCUT2D eigenvalue weighted by molar-refractivity contribution is 7.99. The van der Waals surface area contributed by atoms with Crippen LogP contribution in [0.15, 0.2) is 34.7 Å². The molecule has 1 heterocycles. The van der Waals surface area contributed by atoms with Gasteiger partial charge in [0, 0.05) is 0 Å². The first-order valence-corrected chi connectivity index (χ1v) is 6.75. The molecule has 0 spiro atoms. The quantitative estimate of drug-likeness (QED) is 0.813. The van der Waals surface area contributed by atoms with Crippen molar-refractivity contribution in [2.24, 2.45) is 0 Å². The van der Waals surface area contributed by atoms with Crippen LogP contribution in [-0.4, -0.2) is 15.4 Å². The fourth-order valence-electron chi connectivity index (χ4n) is 1.43. The van der Waals surface area contributed by atoms with Crippen LogP contribution >= 0.6 is 11.8 Å². The lowest BCUT2D eigenvalue weighted by molar-refractivity contribution is 0.474. The summed E-state index contributed by atoms with van der Waals surface area (Å²) in [7, 11) is 0. The van der Waals surface area contributed by atoms with Crippen molar-refractivity contribution in [3.8, 4) is 0 Å². The third-order valence-corrected chi connectivity index (χ3v) is 3.33. The second-order valence-corrected chi connectivity index (χ2v) is 5.68. The van der Waals surface area contributed by atoms with Crippen molar-refractivity contribution in [3.05, 3.63) is 47.7 Å². The van der Waals surface area contributed by atoms with Gasteiger partial charge >= 0.3 is 0 Å². The zero-order valence-corrected chi connectivity index (χ0v) is 10.9. The van der Waals surface area contributed by atoms with Crippen molar-refractivity contribution in [1.29, 1.82) is 0 Å². The molecular weight excluding hydrogens is 232 g/mol. The van der Waals surface area contributed by atoms with Crippen molar-refractivity contribution in [2.75, 3.05) is 0 Å². The predicted octanol–water partition coefficient (Wildman–Crippen LogP) is 3.30. The summed E-state index contributed by atoms with van der Waals surface area (Å²) < 4.78 is 5.59. The van der Waals surface area contributed by atoms with Gasteiger partial charge in [-0.25, -0.2) is 0 Å². The van der Waals surface area contributed by atoms with E-state index in [2.05, 4.69) is 36.2 Å². The lowest BCUT2D eigenvalue weighted by atomic mass is 10.2. The zero-order chi connectivity index (χ0) is 12.1. The van der Waals surface area contributed by atoms with Crippen LogP contribution in [0.25, 0.3) is 0 Å². The van der Waals surface area contributed by atoms with Crippen LogP contribution in [0.5, 0.6) is 0 Å². The Morgan fingerprint density at radius 3 is 2.53 bits per heavy atom. The summed E-state index contributed by atoms with van der Waals surface area (Å²) in [5.41, 5.74) is 1.19. The monoisotopic (exact) mass is 248 g/mol. The zero-order valence-electron chi connectivity index (χ0n) is 10.1. The molecule has 2 rings (SSSR count). The molecule has 3 nitrogen and oxygen atoms in total. The van der Waals surface area contributed by atoms with Crippen molar-refractivity contribution in [1.82, 2.24) is 10.2 Å². The number of rotatable bonds is 5. The van der Waals surface area contributed by atoms with E-state index in [1.54, 1.807) is 0 Å². The van der Waals surface area contributed by atoms with E-state index >= 15 is 0 Å². The van der Waals surface area contributed by atoms with Gasteiger partial charge in [-0.3, -0.25) is 0 Å². The maximum atomic E-state index is 5.59. The van der Waals surface area contributed by atoms with Gasteiger partial charge in [0.15, 0.2) is 0 Å². The summed E-state index contributed by atoms with van der Waals surface area (Å²) >= 11 is 1.81. The molecule has 17 heavy (non-hydrogen) atoms. The van der Waals surface area contributed by atoms with E-state index in [1.807, 2.05) is 30.0 Å². The molecule has 0 fully saturated rings. The van der Waals surface area contributed by atoms with Crippen LogP contribution < -0.4 is 0 Å². The maximum absolute atomic E-state index is 5.59. The molecule has 0 N–H and O–H groups in total. The summed E-state index contributed by atoms with van der Waals surface area (Å²) in [6.45, 7) is 4.32. The first kappa shape index (κ1) is 12.2. The minimum Gasteiger partial charge on any atom is -0.424 e. The highest BCUT2D eigenvalue weighted by Gasteiger charge is 2.07. The Balaban J connectivity index is 1.94. The number of aromatic nitrogens is 2. The van der Waals surface area contributed by atoms with Gasteiger partial charge in [0.2, 0.25) is 11.8 Å². The van der Waals surface area contributed by atoms with Gasteiger partial charge in [0.25, 0.3) is 0 Å². The molecular formula is C13H16N2OS. The molecule has 0 aliphatic heterocycles. The summed E-state index contributed by atoms with van der Waals surface area (Å²) in [5.74, 6) is 2.20. The van der Waals surface area contributed by atoms with E-state index in [9.17, 15) is 0 Å². The Labute approximate surface area is 106 Å². The molecule has 0 atom stereocenters. The van der Waals surface area contributed by atoms with Gasteiger partial charge in [-0.1, -0.05) is 44.2 Å². The first-order valence-electron chi connectivity index (χ1n) is 5.71. The Morgan fingerprint density at radius 2 is 1.82 bits per heavy atom. The minimum absolute atomic E-state index is 0.583. The SMILES string of the molecule is CC(C)SCc1nnc(Cc2ccccc2)o1. The fourth-order valence-corrected chi connectivity index (χ4v) is 2.02. The Bertz CT molecular complexity index is 453. The van der Waals surface area contributed by atoms with E-state index in [0.717, 1.165) is 11.6 Å². The first-order chi connectivity index (χ1) is 8.24. The molecule has 0 saturated carbocycles. The topological polar surface area (TPSA) is 38.9 Å². The van der Waals surface area contributed by atoms with E-state index in [4.69, 9.17) is 4.42 Å². The number of benzene rings is 1. The van der Waals surface area contributed by atoms with Crippen LogP contribution in [0, 0.1) is 0 Å². The van der Waals surface area contributed by atoms with Crippen LogP contribution in [0.1, 0.15) is 31.2 Å². The molecule has 0 aliphatic rings. The van der Waals surface area contributed by atoms with Gasteiger partial charge in [-0.05, 0) is 10.8 Å². The molecule has 4 heteroatoms. The second kappa shape index (κ2) is 5.87. The molecule has 0 amide bonds. The molecule has 2 aromatic rings. The van der Waals surface area contributed by atoms with E-state index in [0.29, 0.717) is 17.6 Å². The Hall–Kier alpha value is -1.29. The van der Waals surface area contributed by atoms with Gasteiger partial charge < -0.3 is 4.42 Å². The minimum atomic E-state index is 0.583. The molecule has 0 radical (unpaired) electrons. The molecule has 0 unspecified atom stereocenters. The third kappa shape index (κ3) is 3.89. The van der Waals surface area contributed by atoms with Gasteiger partial charge in [-0.2, -0.15) is 0 Å². The summed E-state index contributed by atoms with van der Waals surface area (Å²) in [4.78, 5) is 0. The summed E-state index contributed by atoms with van der Waals surface area (Å²) in [6, 6.07) is 10.2. The normalized spacial score (nSPS) is 11.0. The molecule has 90 valence electrons. The predicted molar refractivity (Wildman–Crippen MR) is 70.0 cm³/mol. The maximum Gasteiger partial charge on any atom is 0.226 e. The lowest BCUT2D eigenvalue weighted by Gasteiger charge is -1.99. The van der Waals surface area contributed by atoms with Gasteiger partial charge in [0.1, 0.15) is 0 Å². The van der Waals surface area contributed by atoms with Crippen molar-refractivity contribution in [2.45, 2.75) is 31.3 Å². The molecule has 0 saturated heterocycles. The second-order valence-electron chi connectivity index (χ2n) is 4.11. The molecule has 0 bridgehead atoms. The standard InChI is InChI=1S/C13H16N2OS/c1-10(2)17-9-13-15-14-12(16-13)8-11-6-4-3-5-7-11/h3-7,10H,8-9H2,1-2H3. The summed E-state index contributed by atoms with van der Waals surface area (Å²) in [5, 5.41) is 8.69. The van der Waals surface area contributed by atoms with E-state index in [1.165, 1.54) is 5.56 Å².